The molecule has 3 atom stereocenters. The zero-order chi connectivity index (χ0) is 15.6. The molecule has 2 aliphatic heterocycles. The first kappa shape index (κ1) is 15.9. The molecule has 0 aromatic carbocycles. The average Bonchev–Trinajstić information content (AvgIpc) is 2.86. The number of carbonyl (C=O) groups excluding carboxylic acids is 2. The number of carbonyl (C=O) groups is 3. The highest BCUT2D eigenvalue weighted by atomic mass is 32.2. The lowest BCUT2D eigenvalue weighted by Crippen LogP contribution is -2.57. The number of piperidine rings is 1. The van der Waals surface area contributed by atoms with Gasteiger partial charge >= 0.3 is 12.0 Å². The quantitative estimate of drug-likeness (QED) is 0.703. The number of aliphatic carboxylic acids is 1. The maximum atomic E-state index is 12.4. The van der Waals surface area contributed by atoms with E-state index in [0.717, 1.165) is 6.42 Å². The van der Waals surface area contributed by atoms with Gasteiger partial charge in [0.1, 0.15) is 12.1 Å². The summed E-state index contributed by atoms with van der Waals surface area (Å²) in [4.78, 5) is 36.9. The van der Waals surface area contributed by atoms with Gasteiger partial charge in [-0.25, -0.2) is 9.59 Å². The summed E-state index contributed by atoms with van der Waals surface area (Å²) in [5.41, 5.74) is 0. The highest BCUT2D eigenvalue weighted by Gasteiger charge is 2.43. The monoisotopic (exact) mass is 315 g/mol. The number of amides is 3. The number of hydrogen-bond donors (Lipinski definition) is 3. The summed E-state index contributed by atoms with van der Waals surface area (Å²) < 4.78 is 0. The van der Waals surface area contributed by atoms with Gasteiger partial charge in [0.15, 0.2) is 0 Å². The molecule has 7 nitrogen and oxygen atoms in total. The van der Waals surface area contributed by atoms with E-state index in [1.54, 1.807) is 0 Å². The molecule has 3 amide bonds. The summed E-state index contributed by atoms with van der Waals surface area (Å²) in [6, 6.07) is -1.87. The lowest BCUT2D eigenvalue weighted by Gasteiger charge is -2.32. The number of hydrogen-bond acceptors (Lipinski definition) is 4. The van der Waals surface area contributed by atoms with Crippen molar-refractivity contribution in [3.05, 3.63) is 0 Å². The minimum absolute atomic E-state index is 0.144. The number of carboxylic acid groups (broad SMARTS) is 1. The topological polar surface area (TPSA) is 98.7 Å². The second-order valence-corrected chi connectivity index (χ2v) is 6.81. The van der Waals surface area contributed by atoms with Gasteiger partial charge in [-0.15, -0.1) is 11.8 Å². The molecule has 8 heteroatoms. The standard InChI is InChI=1S/C13H21N3O4S/c1-7(2)11-16(9(6-21-11)12(18)19)13(20)15-8-4-3-5-14-10(8)17/h7-9,11H,3-6H2,1-2H3,(H,14,17)(H,15,20)(H,18,19). The first-order valence-electron chi connectivity index (χ1n) is 7.12. The summed E-state index contributed by atoms with van der Waals surface area (Å²) in [6.45, 7) is 4.53. The van der Waals surface area contributed by atoms with Gasteiger partial charge in [0.25, 0.3) is 0 Å². The summed E-state index contributed by atoms with van der Waals surface area (Å²) in [5, 5.41) is 14.5. The molecule has 3 unspecified atom stereocenters. The summed E-state index contributed by atoms with van der Waals surface area (Å²) in [7, 11) is 0. The number of thioether (sulfide) groups is 1. The molecule has 118 valence electrons. The SMILES string of the molecule is CC(C)C1SCC(C(=O)O)N1C(=O)NC1CCCNC1=O. The Morgan fingerprint density at radius 2 is 2.19 bits per heavy atom. The number of urea groups is 1. The molecule has 0 radical (unpaired) electrons. The molecule has 2 saturated heterocycles. The number of rotatable bonds is 3. The lowest BCUT2D eigenvalue weighted by atomic mass is 10.1. The molecule has 2 rings (SSSR count). The molecule has 2 fully saturated rings. The van der Waals surface area contributed by atoms with Crippen LogP contribution in [0.25, 0.3) is 0 Å². The Hall–Kier alpha value is -1.44. The van der Waals surface area contributed by atoms with Crippen molar-refractivity contribution in [2.24, 2.45) is 5.92 Å². The van der Waals surface area contributed by atoms with E-state index in [-0.39, 0.29) is 17.2 Å². The minimum Gasteiger partial charge on any atom is -0.480 e. The minimum atomic E-state index is -1.01. The Bertz CT molecular complexity index is 443. The van der Waals surface area contributed by atoms with E-state index in [4.69, 9.17) is 0 Å². The van der Waals surface area contributed by atoms with Crippen LogP contribution in [0.1, 0.15) is 26.7 Å². The van der Waals surface area contributed by atoms with E-state index in [1.165, 1.54) is 16.7 Å². The fourth-order valence-corrected chi connectivity index (χ4v) is 4.09. The van der Waals surface area contributed by atoms with Crippen LogP contribution in [-0.4, -0.2) is 57.7 Å². The fraction of sp³-hybridized carbons (Fsp3) is 0.769. The van der Waals surface area contributed by atoms with E-state index < -0.39 is 24.1 Å². The van der Waals surface area contributed by atoms with Crippen LogP contribution in [0.15, 0.2) is 0 Å². The molecule has 0 saturated carbocycles. The maximum absolute atomic E-state index is 12.4. The van der Waals surface area contributed by atoms with Gasteiger partial charge in [-0.3, -0.25) is 9.69 Å². The highest BCUT2D eigenvalue weighted by Crippen LogP contribution is 2.34. The third kappa shape index (κ3) is 3.42. The molecule has 0 aromatic heterocycles. The van der Waals surface area contributed by atoms with Crippen LogP contribution in [0.2, 0.25) is 0 Å². The maximum Gasteiger partial charge on any atom is 0.327 e. The van der Waals surface area contributed by atoms with Crippen LogP contribution in [0.4, 0.5) is 4.79 Å². The fourth-order valence-electron chi connectivity index (χ4n) is 2.62. The van der Waals surface area contributed by atoms with E-state index in [2.05, 4.69) is 10.6 Å². The first-order chi connectivity index (χ1) is 9.91. The van der Waals surface area contributed by atoms with E-state index in [1.807, 2.05) is 13.8 Å². The second kappa shape index (κ2) is 6.55. The van der Waals surface area contributed by atoms with Crippen LogP contribution < -0.4 is 10.6 Å². The van der Waals surface area contributed by atoms with Gasteiger partial charge in [-0.2, -0.15) is 0 Å². The Kier molecular flexibility index (Phi) is 4.97. The molecule has 3 N–H and O–H groups in total. The van der Waals surface area contributed by atoms with Crippen LogP contribution in [-0.2, 0) is 9.59 Å². The van der Waals surface area contributed by atoms with Crippen LogP contribution in [0, 0.1) is 5.92 Å². The Balaban J connectivity index is 2.09. The average molecular weight is 315 g/mol. The Morgan fingerprint density at radius 1 is 1.48 bits per heavy atom. The molecule has 0 spiro atoms. The van der Waals surface area contributed by atoms with Gasteiger partial charge < -0.3 is 15.7 Å². The van der Waals surface area contributed by atoms with Crippen LogP contribution >= 0.6 is 11.8 Å². The van der Waals surface area contributed by atoms with Gasteiger partial charge in [-0.05, 0) is 18.8 Å². The van der Waals surface area contributed by atoms with Crippen molar-refractivity contribution >= 4 is 29.7 Å². The number of nitrogens with one attached hydrogen (secondary N) is 2. The van der Waals surface area contributed by atoms with Crippen molar-refractivity contribution in [3.8, 4) is 0 Å². The molecule has 0 bridgehead atoms. The first-order valence-corrected chi connectivity index (χ1v) is 8.17. The van der Waals surface area contributed by atoms with Crippen molar-refractivity contribution in [1.29, 1.82) is 0 Å². The van der Waals surface area contributed by atoms with Crippen LogP contribution in [0.3, 0.4) is 0 Å². The predicted octanol–water partition coefficient (Wildman–Crippen LogP) is 0.459. The van der Waals surface area contributed by atoms with E-state index in [9.17, 15) is 19.5 Å². The summed E-state index contributed by atoms with van der Waals surface area (Å²) in [5.74, 6) is -0.684. The summed E-state index contributed by atoms with van der Waals surface area (Å²) in [6.07, 6.45) is 1.39. The number of nitrogens with zero attached hydrogens (tertiary/aromatic N) is 1. The number of carboxylic acids is 1. The van der Waals surface area contributed by atoms with Crippen molar-refractivity contribution in [3.63, 3.8) is 0 Å². The molecule has 0 aliphatic carbocycles. The Morgan fingerprint density at radius 3 is 2.76 bits per heavy atom. The van der Waals surface area contributed by atoms with E-state index >= 15 is 0 Å². The smallest absolute Gasteiger partial charge is 0.327 e. The predicted molar refractivity (Wildman–Crippen MR) is 78.9 cm³/mol. The largest absolute Gasteiger partial charge is 0.480 e. The zero-order valence-corrected chi connectivity index (χ0v) is 13.0. The molecule has 2 heterocycles. The molecular weight excluding hydrogens is 294 g/mol. The van der Waals surface area contributed by atoms with Crippen molar-refractivity contribution in [2.75, 3.05) is 12.3 Å². The van der Waals surface area contributed by atoms with Gasteiger partial charge in [0.05, 0.1) is 5.37 Å². The van der Waals surface area contributed by atoms with Gasteiger partial charge in [-0.1, -0.05) is 13.8 Å². The van der Waals surface area contributed by atoms with Crippen LogP contribution in [0.5, 0.6) is 0 Å². The van der Waals surface area contributed by atoms with Gasteiger partial charge in [0.2, 0.25) is 5.91 Å². The third-order valence-electron chi connectivity index (χ3n) is 3.71. The highest BCUT2D eigenvalue weighted by molar-refractivity contribution is 8.00. The Labute approximate surface area is 127 Å². The van der Waals surface area contributed by atoms with Crippen molar-refractivity contribution < 1.29 is 19.5 Å². The third-order valence-corrected chi connectivity index (χ3v) is 5.33. The van der Waals surface area contributed by atoms with E-state index in [0.29, 0.717) is 18.7 Å². The second-order valence-electron chi connectivity index (χ2n) is 5.66. The lowest BCUT2D eigenvalue weighted by molar-refractivity contribution is -0.141. The zero-order valence-electron chi connectivity index (χ0n) is 12.2. The molecule has 2 aliphatic rings. The molecule has 0 aromatic rings. The van der Waals surface area contributed by atoms with Crippen molar-refractivity contribution in [2.45, 2.75) is 44.1 Å². The normalized spacial score (nSPS) is 29.4. The van der Waals surface area contributed by atoms with Crippen molar-refractivity contribution in [1.82, 2.24) is 15.5 Å². The summed E-state index contributed by atoms with van der Waals surface area (Å²) >= 11 is 1.47. The van der Waals surface area contributed by atoms with Gasteiger partial charge in [0, 0.05) is 12.3 Å². The molecular formula is C13H21N3O4S. The molecule has 21 heavy (non-hydrogen) atoms.